The molecule has 9 heteroatoms. The predicted octanol–water partition coefficient (Wildman–Crippen LogP) is 6.85. The van der Waals surface area contributed by atoms with Gasteiger partial charge in [-0.15, -0.1) is 0 Å². The first kappa shape index (κ1) is 35.8. The lowest BCUT2D eigenvalue weighted by atomic mass is 10.1. The Labute approximate surface area is 310 Å². The van der Waals surface area contributed by atoms with Gasteiger partial charge in [-0.2, -0.15) is 4.98 Å². The molecule has 2 saturated heterocycles. The largest absolute Gasteiger partial charge is 0.406 e. The molecular weight excluding hydrogens is 659 g/mol. The molecule has 7 rings (SSSR count). The van der Waals surface area contributed by atoms with Crippen molar-refractivity contribution in [3.63, 3.8) is 0 Å². The van der Waals surface area contributed by atoms with E-state index in [2.05, 4.69) is 163 Å². The summed E-state index contributed by atoms with van der Waals surface area (Å²) in [4.78, 5) is 20.0. The Balaban J connectivity index is 1.13. The zero-order chi connectivity index (χ0) is 36.1. The van der Waals surface area contributed by atoms with Crippen molar-refractivity contribution in [3.05, 3.63) is 121 Å². The summed E-state index contributed by atoms with van der Waals surface area (Å²) in [5.41, 5.74) is 3.20. The summed E-state index contributed by atoms with van der Waals surface area (Å²) in [6, 6.07) is 39.9. The van der Waals surface area contributed by atoms with Crippen LogP contribution in [0.2, 0.25) is 5.04 Å². The molecule has 2 aliphatic heterocycles. The molecule has 2 atom stereocenters. The van der Waals surface area contributed by atoms with Gasteiger partial charge < -0.3 is 20.0 Å². The first-order chi connectivity index (χ1) is 25.2. The second kappa shape index (κ2) is 15.6. The number of nitrogens with zero attached hydrogens (tertiary/aromatic N) is 5. The van der Waals surface area contributed by atoms with Crippen molar-refractivity contribution in [2.24, 2.45) is 0 Å². The average molecular weight is 712 g/mol. The average Bonchev–Trinajstić information content (AvgIpc) is 3.78. The van der Waals surface area contributed by atoms with Crippen LogP contribution in [0, 0.1) is 0 Å². The SMILES string of the molecule is CC(C)N1CC2CC1CN2c1nc(NCCO[Si](c2ccccc2)(c2ccccc2)C(C)(C)C)cc(-c2ccnc(NCCc3ccccc3)c2)n1. The topological polar surface area (TPSA) is 78.4 Å². The summed E-state index contributed by atoms with van der Waals surface area (Å²) >= 11 is 0. The van der Waals surface area contributed by atoms with E-state index in [-0.39, 0.29) is 5.04 Å². The summed E-state index contributed by atoms with van der Waals surface area (Å²) in [7, 11) is -2.65. The maximum atomic E-state index is 7.19. The van der Waals surface area contributed by atoms with Crippen LogP contribution in [0.15, 0.2) is 115 Å². The van der Waals surface area contributed by atoms with Crippen LogP contribution in [-0.4, -0.2) is 79.1 Å². The summed E-state index contributed by atoms with van der Waals surface area (Å²) < 4.78 is 7.19. The van der Waals surface area contributed by atoms with Crippen molar-refractivity contribution in [1.29, 1.82) is 0 Å². The highest BCUT2D eigenvalue weighted by Crippen LogP contribution is 2.37. The summed E-state index contributed by atoms with van der Waals surface area (Å²) in [5.74, 6) is 2.44. The normalized spacial score (nSPS) is 17.5. The molecule has 270 valence electrons. The van der Waals surface area contributed by atoms with Crippen LogP contribution < -0.4 is 25.9 Å². The molecule has 52 heavy (non-hydrogen) atoms. The van der Waals surface area contributed by atoms with Gasteiger partial charge in [0.2, 0.25) is 5.95 Å². The van der Waals surface area contributed by atoms with Gasteiger partial charge in [-0.05, 0) is 59.8 Å². The minimum absolute atomic E-state index is 0.0852. The van der Waals surface area contributed by atoms with E-state index in [1.807, 2.05) is 12.3 Å². The smallest absolute Gasteiger partial charge is 0.261 e. The summed E-state index contributed by atoms with van der Waals surface area (Å²) in [6.07, 6.45) is 3.95. The molecule has 0 aliphatic carbocycles. The Morgan fingerprint density at radius 1 is 0.769 bits per heavy atom. The van der Waals surface area contributed by atoms with Gasteiger partial charge in [0.1, 0.15) is 11.6 Å². The number of pyridine rings is 1. The molecule has 2 aromatic heterocycles. The third kappa shape index (κ3) is 7.63. The maximum Gasteiger partial charge on any atom is 0.261 e. The van der Waals surface area contributed by atoms with E-state index < -0.39 is 8.32 Å². The number of rotatable bonds is 14. The number of nitrogens with one attached hydrogen (secondary N) is 2. The zero-order valence-electron chi connectivity index (χ0n) is 31.3. The molecule has 2 unspecified atom stereocenters. The number of likely N-dealkylation sites (tertiary alicyclic amines) is 1. The van der Waals surface area contributed by atoms with E-state index in [0.717, 1.165) is 61.3 Å². The van der Waals surface area contributed by atoms with Gasteiger partial charge in [0.25, 0.3) is 8.32 Å². The van der Waals surface area contributed by atoms with Crippen LogP contribution in [0.1, 0.15) is 46.6 Å². The van der Waals surface area contributed by atoms with Gasteiger partial charge in [0.05, 0.1) is 12.3 Å². The van der Waals surface area contributed by atoms with E-state index in [1.54, 1.807) is 0 Å². The maximum absolute atomic E-state index is 7.19. The molecule has 2 N–H and O–H groups in total. The van der Waals surface area contributed by atoms with Crippen molar-refractivity contribution in [1.82, 2.24) is 19.9 Å². The monoisotopic (exact) mass is 711 g/mol. The lowest BCUT2D eigenvalue weighted by molar-refractivity contribution is 0.191. The number of hydrogen-bond donors (Lipinski definition) is 2. The lowest BCUT2D eigenvalue weighted by Gasteiger charge is -2.43. The molecule has 2 bridgehead atoms. The van der Waals surface area contributed by atoms with Crippen LogP contribution in [-0.2, 0) is 10.8 Å². The second-order valence-corrected chi connectivity index (χ2v) is 19.8. The Hall–Kier alpha value is -4.57. The van der Waals surface area contributed by atoms with Crippen LogP contribution >= 0.6 is 0 Å². The number of hydrogen-bond acceptors (Lipinski definition) is 8. The van der Waals surface area contributed by atoms with Crippen LogP contribution in [0.4, 0.5) is 17.6 Å². The van der Waals surface area contributed by atoms with Gasteiger partial charge in [0.15, 0.2) is 0 Å². The third-order valence-electron chi connectivity index (χ3n) is 10.7. The standard InChI is InChI=1S/C43H53N7OSi/c1-32(2)49-30-36-28-35(49)31-50(36)42-47-39(34-22-24-45-40(27-34)44-23-21-33-15-9-6-10-16-33)29-41(48-42)46-25-26-51-52(43(3,4)5,37-17-11-7-12-18-37)38-19-13-8-14-20-38/h6-20,22,24,27,29,32,35-36H,21,23,25-26,28,30-31H2,1-5H3,(H,44,45)(H,46,47,48). The number of fused-ring (bicyclic) bond motifs is 2. The third-order valence-corrected chi connectivity index (χ3v) is 15.7. The first-order valence-electron chi connectivity index (χ1n) is 18.9. The van der Waals surface area contributed by atoms with Crippen molar-refractivity contribution in [2.45, 2.75) is 70.6 Å². The number of benzene rings is 3. The minimum Gasteiger partial charge on any atom is -0.406 e. The highest BCUT2D eigenvalue weighted by molar-refractivity contribution is 6.99. The highest BCUT2D eigenvalue weighted by atomic mass is 28.4. The van der Waals surface area contributed by atoms with Gasteiger partial charge in [-0.25, -0.2) is 9.97 Å². The van der Waals surface area contributed by atoms with Crippen LogP contribution in [0.3, 0.4) is 0 Å². The molecule has 8 nitrogen and oxygen atoms in total. The molecule has 2 fully saturated rings. The molecule has 3 aromatic carbocycles. The van der Waals surface area contributed by atoms with Crippen LogP contribution in [0.5, 0.6) is 0 Å². The molecule has 2 aliphatic rings. The van der Waals surface area contributed by atoms with E-state index in [0.29, 0.717) is 31.3 Å². The number of aromatic nitrogens is 3. The summed E-state index contributed by atoms with van der Waals surface area (Å²) in [5, 5.41) is 9.66. The Bertz CT molecular complexity index is 1860. The Kier molecular flexibility index (Phi) is 10.7. The first-order valence-corrected chi connectivity index (χ1v) is 20.8. The lowest BCUT2D eigenvalue weighted by Crippen LogP contribution is -2.66. The van der Waals surface area contributed by atoms with Gasteiger partial charge in [-0.1, -0.05) is 112 Å². The van der Waals surface area contributed by atoms with E-state index in [4.69, 9.17) is 14.4 Å². The van der Waals surface area contributed by atoms with Gasteiger partial charge in [0, 0.05) is 62.1 Å². The Morgan fingerprint density at radius 2 is 1.42 bits per heavy atom. The molecule has 0 spiro atoms. The van der Waals surface area contributed by atoms with Gasteiger partial charge >= 0.3 is 0 Å². The van der Waals surface area contributed by atoms with Crippen LogP contribution in [0.25, 0.3) is 11.3 Å². The fourth-order valence-electron chi connectivity index (χ4n) is 8.19. The van der Waals surface area contributed by atoms with E-state index >= 15 is 0 Å². The summed E-state index contributed by atoms with van der Waals surface area (Å²) in [6.45, 7) is 15.5. The molecule has 0 radical (unpaired) electrons. The fraction of sp³-hybridized carbons (Fsp3) is 0.372. The Morgan fingerprint density at radius 3 is 2.04 bits per heavy atom. The molecule has 0 saturated carbocycles. The molecule has 5 aromatic rings. The second-order valence-electron chi connectivity index (χ2n) is 15.5. The number of anilines is 3. The minimum atomic E-state index is -2.65. The van der Waals surface area contributed by atoms with Crippen molar-refractivity contribution in [3.8, 4) is 11.3 Å². The van der Waals surface area contributed by atoms with E-state index in [1.165, 1.54) is 15.9 Å². The number of piperazine rings is 1. The van der Waals surface area contributed by atoms with E-state index in [9.17, 15) is 0 Å². The van der Waals surface area contributed by atoms with Crippen molar-refractivity contribution < 1.29 is 4.43 Å². The molecule has 4 heterocycles. The quantitative estimate of drug-likeness (QED) is 0.0957. The zero-order valence-corrected chi connectivity index (χ0v) is 32.3. The van der Waals surface area contributed by atoms with Crippen molar-refractivity contribution in [2.75, 3.05) is 48.3 Å². The molecule has 0 amide bonds. The predicted molar refractivity (Wildman–Crippen MR) is 217 cm³/mol. The highest BCUT2D eigenvalue weighted by Gasteiger charge is 2.50. The molecular formula is C43H53N7OSi. The van der Waals surface area contributed by atoms with Gasteiger partial charge in [-0.3, -0.25) is 4.90 Å². The fourth-order valence-corrected chi connectivity index (χ4v) is 12.8. The van der Waals surface area contributed by atoms with Crippen molar-refractivity contribution >= 4 is 36.3 Å².